The molecule has 0 saturated carbocycles. The molecule has 1 atom stereocenters. The Morgan fingerprint density at radius 2 is 2.24 bits per heavy atom. The number of amides is 2. The number of rotatable bonds is 3. The standard InChI is InChI=1S/C15H17FN2O3/c16-11-9-10(17-15(20)13-3-2-8-21-13)5-6-12(11)18-7-1-4-14(18)19/h5-6,9,13H,1-4,7-8H2,(H,17,20). The number of halogens is 1. The molecular weight excluding hydrogens is 275 g/mol. The molecule has 1 aromatic carbocycles. The minimum Gasteiger partial charge on any atom is -0.368 e. The molecule has 0 spiro atoms. The van der Waals surface area contributed by atoms with Crippen LogP contribution in [-0.2, 0) is 14.3 Å². The van der Waals surface area contributed by atoms with Crippen molar-refractivity contribution in [1.29, 1.82) is 0 Å². The van der Waals surface area contributed by atoms with Crippen LogP contribution >= 0.6 is 0 Å². The van der Waals surface area contributed by atoms with E-state index in [-0.39, 0.29) is 17.5 Å². The van der Waals surface area contributed by atoms with Gasteiger partial charge in [0.05, 0.1) is 5.69 Å². The van der Waals surface area contributed by atoms with Gasteiger partial charge in [0.2, 0.25) is 5.91 Å². The van der Waals surface area contributed by atoms with E-state index in [4.69, 9.17) is 4.74 Å². The predicted molar refractivity (Wildman–Crippen MR) is 75.6 cm³/mol. The Hall–Kier alpha value is -1.95. The van der Waals surface area contributed by atoms with Crippen molar-refractivity contribution in [3.05, 3.63) is 24.0 Å². The number of nitrogens with one attached hydrogen (secondary N) is 1. The molecule has 0 bridgehead atoms. The third kappa shape index (κ3) is 2.90. The van der Waals surface area contributed by atoms with Gasteiger partial charge in [-0.2, -0.15) is 0 Å². The molecule has 2 fully saturated rings. The highest BCUT2D eigenvalue weighted by atomic mass is 19.1. The van der Waals surface area contributed by atoms with E-state index in [0.717, 1.165) is 12.8 Å². The lowest BCUT2D eigenvalue weighted by Crippen LogP contribution is -2.27. The zero-order chi connectivity index (χ0) is 14.8. The highest BCUT2D eigenvalue weighted by Crippen LogP contribution is 2.27. The summed E-state index contributed by atoms with van der Waals surface area (Å²) >= 11 is 0. The number of carbonyl (C=O) groups excluding carboxylic acids is 2. The molecule has 21 heavy (non-hydrogen) atoms. The largest absolute Gasteiger partial charge is 0.368 e. The minimum absolute atomic E-state index is 0.0648. The fraction of sp³-hybridized carbons (Fsp3) is 0.467. The van der Waals surface area contributed by atoms with Crippen LogP contribution in [0.15, 0.2) is 18.2 Å². The first kappa shape index (κ1) is 14.0. The van der Waals surface area contributed by atoms with Crippen LogP contribution < -0.4 is 10.2 Å². The molecule has 1 unspecified atom stereocenters. The van der Waals surface area contributed by atoms with Gasteiger partial charge >= 0.3 is 0 Å². The van der Waals surface area contributed by atoms with Crippen LogP contribution in [0.5, 0.6) is 0 Å². The first-order valence-electron chi connectivity index (χ1n) is 7.17. The van der Waals surface area contributed by atoms with Crippen molar-refractivity contribution < 1.29 is 18.7 Å². The Bertz CT molecular complexity index is 570. The Labute approximate surface area is 122 Å². The molecule has 2 amide bonds. The summed E-state index contributed by atoms with van der Waals surface area (Å²) < 4.78 is 19.4. The van der Waals surface area contributed by atoms with E-state index in [1.165, 1.54) is 17.0 Å². The Balaban J connectivity index is 1.71. The Morgan fingerprint density at radius 1 is 1.38 bits per heavy atom. The zero-order valence-corrected chi connectivity index (χ0v) is 11.6. The van der Waals surface area contributed by atoms with Crippen molar-refractivity contribution in [2.45, 2.75) is 31.8 Å². The molecule has 2 aliphatic heterocycles. The summed E-state index contributed by atoms with van der Waals surface area (Å²) in [5.41, 5.74) is 0.649. The van der Waals surface area contributed by atoms with Gasteiger partial charge in [-0.25, -0.2) is 4.39 Å². The van der Waals surface area contributed by atoms with Crippen LogP contribution in [0.1, 0.15) is 25.7 Å². The summed E-state index contributed by atoms with van der Waals surface area (Å²) in [5, 5.41) is 2.65. The summed E-state index contributed by atoms with van der Waals surface area (Å²) in [5.74, 6) is -0.822. The lowest BCUT2D eigenvalue weighted by molar-refractivity contribution is -0.124. The maximum atomic E-state index is 14.1. The second-order valence-corrected chi connectivity index (χ2v) is 5.31. The number of nitrogens with zero attached hydrogens (tertiary/aromatic N) is 1. The molecule has 1 N–H and O–H groups in total. The van der Waals surface area contributed by atoms with Crippen LogP contribution in [-0.4, -0.2) is 31.1 Å². The second-order valence-electron chi connectivity index (χ2n) is 5.31. The van der Waals surface area contributed by atoms with Gasteiger partial charge < -0.3 is 15.0 Å². The maximum absolute atomic E-state index is 14.1. The topological polar surface area (TPSA) is 58.6 Å². The molecule has 2 heterocycles. The minimum atomic E-state index is -0.504. The zero-order valence-electron chi connectivity index (χ0n) is 11.6. The van der Waals surface area contributed by atoms with Gasteiger partial charge in [-0.1, -0.05) is 0 Å². The molecule has 5 nitrogen and oxygen atoms in total. The molecule has 2 saturated heterocycles. The first-order valence-corrected chi connectivity index (χ1v) is 7.17. The van der Waals surface area contributed by atoms with Crippen LogP contribution in [0.4, 0.5) is 15.8 Å². The Morgan fingerprint density at radius 3 is 2.86 bits per heavy atom. The fourth-order valence-electron chi connectivity index (χ4n) is 2.71. The summed E-state index contributed by atoms with van der Waals surface area (Å²) in [6.45, 7) is 1.12. The SMILES string of the molecule is O=C(Nc1ccc(N2CCCC2=O)c(F)c1)C1CCCO1. The summed E-state index contributed by atoms with van der Waals surface area (Å²) in [7, 11) is 0. The summed E-state index contributed by atoms with van der Waals surface area (Å²) in [4.78, 5) is 25.0. The Kier molecular flexibility index (Phi) is 3.88. The quantitative estimate of drug-likeness (QED) is 0.928. The third-order valence-corrected chi connectivity index (χ3v) is 3.80. The van der Waals surface area contributed by atoms with Crippen molar-refractivity contribution >= 4 is 23.2 Å². The molecule has 0 aliphatic carbocycles. The van der Waals surface area contributed by atoms with Crippen molar-refractivity contribution in [3.8, 4) is 0 Å². The first-order chi connectivity index (χ1) is 10.1. The molecule has 0 aromatic heterocycles. The molecule has 6 heteroatoms. The molecule has 2 aliphatic rings. The lowest BCUT2D eigenvalue weighted by atomic mass is 10.2. The van der Waals surface area contributed by atoms with Crippen LogP contribution in [0, 0.1) is 5.82 Å². The van der Waals surface area contributed by atoms with Crippen molar-refractivity contribution in [2.75, 3.05) is 23.4 Å². The second kappa shape index (κ2) is 5.81. The van der Waals surface area contributed by atoms with Gasteiger partial charge in [0.1, 0.15) is 11.9 Å². The number of anilines is 2. The van der Waals surface area contributed by atoms with Gasteiger partial charge in [-0.05, 0) is 37.5 Å². The molecule has 0 radical (unpaired) electrons. The van der Waals surface area contributed by atoms with Gasteiger partial charge in [-0.3, -0.25) is 9.59 Å². The van der Waals surface area contributed by atoms with E-state index in [1.807, 2.05) is 0 Å². The van der Waals surface area contributed by atoms with Crippen LogP contribution in [0.3, 0.4) is 0 Å². The predicted octanol–water partition coefficient (Wildman–Crippen LogP) is 2.07. The highest BCUT2D eigenvalue weighted by Gasteiger charge is 2.26. The number of benzene rings is 1. The average molecular weight is 292 g/mol. The van der Waals surface area contributed by atoms with Gasteiger partial charge in [0.25, 0.3) is 5.91 Å². The van der Waals surface area contributed by atoms with E-state index in [1.54, 1.807) is 6.07 Å². The van der Waals surface area contributed by atoms with Gasteiger partial charge in [0.15, 0.2) is 0 Å². The van der Waals surface area contributed by atoms with E-state index in [0.29, 0.717) is 31.7 Å². The number of hydrogen-bond acceptors (Lipinski definition) is 3. The van der Waals surface area contributed by atoms with Crippen molar-refractivity contribution in [2.24, 2.45) is 0 Å². The van der Waals surface area contributed by atoms with Crippen molar-refractivity contribution in [3.63, 3.8) is 0 Å². The van der Waals surface area contributed by atoms with Crippen molar-refractivity contribution in [1.82, 2.24) is 0 Å². The van der Waals surface area contributed by atoms with Crippen LogP contribution in [0.2, 0.25) is 0 Å². The molecule has 112 valence electrons. The smallest absolute Gasteiger partial charge is 0.253 e. The van der Waals surface area contributed by atoms with E-state index in [9.17, 15) is 14.0 Å². The number of hydrogen-bond donors (Lipinski definition) is 1. The monoisotopic (exact) mass is 292 g/mol. The normalized spacial score (nSPS) is 21.9. The highest BCUT2D eigenvalue weighted by molar-refractivity contribution is 5.97. The average Bonchev–Trinajstić information content (AvgIpc) is 3.10. The van der Waals surface area contributed by atoms with E-state index >= 15 is 0 Å². The van der Waals surface area contributed by atoms with Gasteiger partial charge in [0, 0.05) is 25.3 Å². The van der Waals surface area contributed by atoms with E-state index in [2.05, 4.69) is 5.32 Å². The lowest BCUT2D eigenvalue weighted by Gasteiger charge is -2.17. The molecular formula is C15H17FN2O3. The van der Waals surface area contributed by atoms with Crippen LogP contribution in [0.25, 0.3) is 0 Å². The molecule has 1 aromatic rings. The molecule has 3 rings (SSSR count). The fourth-order valence-corrected chi connectivity index (χ4v) is 2.71. The van der Waals surface area contributed by atoms with Gasteiger partial charge in [-0.15, -0.1) is 0 Å². The maximum Gasteiger partial charge on any atom is 0.253 e. The summed E-state index contributed by atoms with van der Waals surface area (Å²) in [6, 6.07) is 4.38. The number of carbonyl (C=O) groups is 2. The number of ether oxygens (including phenoxy) is 1. The van der Waals surface area contributed by atoms with E-state index < -0.39 is 11.9 Å². The third-order valence-electron chi connectivity index (χ3n) is 3.80. The summed E-state index contributed by atoms with van der Waals surface area (Å²) in [6.07, 6.45) is 2.30.